The second kappa shape index (κ2) is 4.90. The van der Waals surface area contributed by atoms with Crippen molar-refractivity contribution in [1.82, 2.24) is 29.4 Å². The first kappa shape index (κ1) is 13.7. The van der Waals surface area contributed by atoms with E-state index in [1.807, 2.05) is 35.3 Å². The van der Waals surface area contributed by atoms with Crippen LogP contribution in [0.25, 0.3) is 11.2 Å². The second-order valence-electron chi connectivity index (χ2n) is 6.66. The van der Waals surface area contributed by atoms with E-state index in [2.05, 4.69) is 32.3 Å². The van der Waals surface area contributed by atoms with Crippen LogP contribution in [0.3, 0.4) is 0 Å². The van der Waals surface area contributed by atoms with Crippen LogP contribution in [0.4, 0.5) is 5.82 Å². The van der Waals surface area contributed by atoms with Gasteiger partial charge in [-0.1, -0.05) is 6.08 Å². The Morgan fingerprint density at radius 1 is 1.25 bits per heavy atom. The van der Waals surface area contributed by atoms with Gasteiger partial charge in [-0.05, 0) is 37.8 Å². The minimum Gasteiger partial charge on any atom is -0.347 e. The van der Waals surface area contributed by atoms with Gasteiger partial charge in [-0.25, -0.2) is 4.98 Å². The first-order valence-electron chi connectivity index (χ1n) is 8.35. The Hall–Kier alpha value is -2.70. The Morgan fingerprint density at radius 2 is 2.17 bits per heavy atom. The molecular weight excluding hydrogens is 302 g/mol. The zero-order valence-corrected chi connectivity index (χ0v) is 13.8. The number of hydrogen-bond acceptors (Lipinski definition) is 5. The van der Waals surface area contributed by atoms with Crippen LogP contribution in [-0.2, 0) is 7.05 Å². The van der Waals surface area contributed by atoms with E-state index in [1.165, 1.54) is 24.1 Å². The van der Waals surface area contributed by atoms with Crippen LogP contribution in [0.1, 0.15) is 30.8 Å². The van der Waals surface area contributed by atoms with Crippen molar-refractivity contribution in [3.05, 3.63) is 42.3 Å². The minimum atomic E-state index is 0.394. The lowest BCUT2D eigenvalue weighted by Crippen LogP contribution is -2.39. The number of hydrogen-bond donors (Lipinski definition) is 0. The van der Waals surface area contributed by atoms with E-state index in [9.17, 15) is 0 Å². The Labute approximate surface area is 139 Å². The molecule has 3 aromatic heterocycles. The van der Waals surface area contributed by atoms with Crippen molar-refractivity contribution in [2.24, 2.45) is 7.05 Å². The maximum atomic E-state index is 4.81. The maximum absolute atomic E-state index is 4.81. The van der Waals surface area contributed by atoms with E-state index in [0.29, 0.717) is 12.1 Å². The first-order chi connectivity index (χ1) is 11.7. The third-order valence-corrected chi connectivity index (χ3v) is 5.27. The minimum absolute atomic E-state index is 0.394. The van der Waals surface area contributed by atoms with Crippen molar-refractivity contribution in [3.8, 4) is 0 Å². The molecular formula is C17H19N7. The Bertz CT molecular complexity index is 951. The molecule has 24 heavy (non-hydrogen) atoms. The topological polar surface area (TPSA) is 64.1 Å². The fourth-order valence-corrected chi connectivity index (χ4v) is 4.16. The quantitative estimate of drug-likeness (QED) is 0.722. The number of fused-ring (bicyclic) bond motifs is 3. The van der Waals surface area contributed by atoms with E-state index in [-0.39, 0.29) is 0 Å². The van der Waals surface area contributed by atoms with Gasteiger partial charge >= 0.3 is 0 Å². The SMILES string of the molecule is Cc1nc(N2C3C=C(c4ccnn4C)CC2CC3)cc2nncn12. The van der Waals surface area contributed by atoms with E-state index in [1.54, 1.807) is 6.33 Å². The average Bonchev–Trinajstić information content (AvgIpc) is 3.25. The summed E-state index contributed by atoms with van der Waals surface area (Å²) < 4.78 is 3.89. The molecule has 0 N–H and O–H groups in total. The van der Waals surface area contributed by atoms with Gasteiger partial charge in [0, 0.05) is 31.4 Å². The van der Waals surface area contributed by atoms with Gasteiger partial charge in [-0.15, -0.1) is 10.2 Å². The third kappa shape index (κ3) is 1.90. The van der Waals surface area contributed by atoms with Crippen LogP contribution in [0.2, 0.25) is 0 Å². The molecule has 2 unspecified atom stereocenters. The van der Waals surface area contributed by atoms with Crippen LogP contribution in [0.5, 0.6) is 0 Å². The van der Waals surface area contributed by atoms with E-state index < -0.39 is 0 Å². The van der Waals surface area contributed by atoms with Crippen molar-refractivity contribution in [3.63, 3.8) is 0 Å². The molecule has 122 valence electrons. The number of rotatable bonds is 2. The van der Waals surface area contributed by atoms with Crippen LogP contribution in [0, 0.1) is 6.92 Å². The number of nitrogens with zero attached hydrogens (tertiary/aromatic N) is 7. The molecule has 2 aliphatic heterocycles. The fraction of sp³-hybridized carbons (Fsp3) is 0.412. The van der Waals surface area contributed by atoms with Gasteiger partial charge in [0.1, 0.15) is 18.0 Å². The summed E-state index contributed by atoms with van der Waals surface area (Å²) in [5.41, 5.74) is 3.49. The Balaban J connectivity index is 1.56. The molecule has 2 bridgehead atoms. The highest BCUT2D eigenvalue weighted by Gasteiger charge is 2.38. The number of aromatic nitrogens is 6. The van der Waals surface area contributed by atoms with Crippen LogP contribution in [-0.4, -0.2) is 41.4 Å². The van der Waals surface area contributed by atoms with Crippen molar-refractivity contribution in [2.75, 3.05) is 4.90 Å². The number of anilines is 1. The molecule has 1 saturated heterocycles. The van der Waals surface area contributed by atoms with Crippen LogP contribution < -0.4 is 4.90 Å². The molecule has 7 nitrogen and oxygen atoms in total. The lowest BCUT2D eigenvalue weighted by molar-refractivity contribution is 0.641. The van der Waals surface area contributed by atoms with E-state index in [4.69, 9.17) is 4.98 Å². The van der Waals surface area contributed by atoms with Crippen molar-refractivity contribution in [1.29, 1.82) is 0 Å². The predicted molar refractivity (Wildman–Crippen MR) is 90.6 cm³/mol. The van der Waals surface area contributed by atoms with Crippen molar-refractivity contribution >= 4 is 17.0 Å². The molecule has 2 aliphatic rings. The average molecular weight is 321 g/mol. The van der Waals surface area contributed by atoms with E-state index >= 15 is 0 Å². The van der Waals surface area contributed by atoms with Gasteiger partial charge in [-0.2, -0.15) is 5.10 Å². The largest absolute Gasteiger partial charge is 0.347 e. The van der Waals surface area contributed by atoms with Gasteiger partial charge in [0.05, 0.1) is 5.69 Å². The van der Waals surface area contributed by atoms with Gasteiger partial charge in [0.2, 0.25) is 0 Å². The highest BCUT2D eigenvalue weighted by Crippen LogP contribution is 2.40. The van der Waals surface area contributed by atoms with Gasteiger partial charge in [-0.3, -0.25) is 9.08 Å². The maximum Gasteiger partial charge on any atom is 0.165 e. The lowest BCUT2D eigenvalue weighted by Gasteiger charge is -2.35. The van der Waals surface area contributed by atoms with Crippen molar-refractivity contribution in [2.45, 2.75) is 38.3 Å². The zero-order chi connectivity index (χ0) is 16.3. The summed E-state index contributed by atoms with van der Waals surface area (Å²) in [7, 11) is 2.01. The molecule has 0 radical (unpaired) electrons. The highest BCUT2D eigenvalue weighted by molar-refractivity contribution is 5.69. The van der Waals surface area contributed by atoms with E-state index in [0.717, 1.165) is 23.7 Å². The third-order valence-electron chi connectivity index (χ3n) is 5.27. The molecule has 5 heterocycles. The second-order valence-corrected chi connectivity index (χ2v) is 6.66. The smallest absolute Gasteiger partial charge is 0.165 e. The van der Waals surface area contributed by atoms with Crippen molar-refractivity contribution < 1.29 is 0 Å². The van der Waals surface area contributed by atoms with Crippen LogP contribution >= 0.6 is 0 Å². The Morgan fingerprint density at radius 3 is 2.96 bits per heavy atom. The molecule has 7 heteroatoms. The summed E-state index contributed by atoms with van der Waals surface area (Å²) in [4.78, 5) is 7.27. The molecule has 1 fully saturated rings. The molecule has 0 spiro atoms. The first-order valence-corrected chi connectivity index (χ1v) is 8.35. The normalized spacial score (nSPS) is 23.1. The molecule has 0 aromatic carbocycles. The van der Waals surface area contributed by atoms with Gasteiger partial charge in [0.15, 0.2) is 5.65 Å². The molecule has 5 rings (SSSR count). The summed E-state index contributed by atoms with van der Waals surface area (Å²) >= 11 is 0. The molecule has 0 aliphatic carbocycles. The summed E-state index contributed by atoms with van der Waals surface area (Å²) in [6.07, 6.45) is 9.38. The molecule has 2 atom stereocenters. The molecule has 0 saturated carbocycles. The molecule has 0 amide bonds. The van der Waals surface area contributed by atoms with Crippen LogP contribution in [0.15, 0.2) is 30.7 Å². The molecule has 3 aromatic rings. The predicted octanol–water partition coefficient (Wildman–Crippen LogP) is 1.99. The van der Waals surface area contributed by atoms with Gasteiger partial charge < -0.3 is 4.90 Å². The highest BCUT2D eigenvalue weighted by atomic mass is 15.3. The zero-order valence-electron chi connectivity index (χ0n) is 13.8. The number of aryl methyl sites for hydroxylation is 2. The Kier molecular flexibility index (Phi) is 2.80. The standard InChI is InChI=1S/C17H19N7/c1-11-20-16(9-17-21-18-10-23(11)17)24-13-3-4-14(24)8-12(7-13)15-5-6-19-22(15)2/h5-7,9-10,13-14H,3-4,8H2,1-2H3. The summed E-state index contributed by atoms with van der Waals surface area (Å²) in [5.74, 6) is 1.94. The van der Waals surface area contributed by atoms with Gasteiger partial charge in [0.25, 0.3) is 0 Å². The fourth-order valence-electron chi connectivity index (χ4n) is 4.16. The summed E-state index contributed by atoms with van der Waals surface area (Å²) in [5, 5.41) is 12.5. The monoisotopic (exact) mass is 321 g/mol. The lowest BCUT2D eigenvalue weighted by atomic mass is 9.98. The summed E-state index contributed by atoms with van der Waals surface area (Å²) in [6.45, 7) is 2.00. The summed E-state index contributed by atoms with van der Waals surface area (Å²) in [6, 6.07) is 5.04.